The summed E-state index contributed by atoms with van der Waals surface area (Å²) in [7, 11) is 0. The molecular weight excluding hydrogens is 203 g/mol. The van der Waals surface area contributed by atoms with E-state index < -0.39 is 17.3 Å². The second-order valence-electron chi connectivity index (χ2n) is 2.49. The number of halogens is 3. The van der Waals surface area contributed by atoms with Crippen LogP contribution >= 0.6 is 0 Å². The highest BCUT2D eigenvalue weighted by Crippen LogP contribution is 2.30. The standard InChI is InChI=1S/C9H8F3N.C2H6/c1-6(2)4-8(7(3)5-13)9(10,11)12;1-2/h4H,1,3H2,2H3;1-2H3/b8-4+;. The van der Waals surface area contributed by atoms with E-state index in [0.29, 0.717) is 0 Å². The molecule has 0 atom stereocenters. The van der Waals surface area contributed by atoms with Crippen molar-refractivity contribution in [1.82, 2.24) is 0 Å². The zero-order valence-corrected chi connectivity index (χ0v) is 9.07. The van der Waals surface area contributed by atoms with Gasteiger partial charge in [0.1, 0.15) is 0 Å². The number of allylic oxidation sites excluding steroid dienone is 4. The normalized spacial score (nSPS) is 10.9. The number of hydrogen-bond acceptors (Lipinski definition) is 1. The van der Waals surface area contributed by atoms with Gasteiger partial charge in [-0.25, -0.2) is 0 Å². The molecule has 0 saturated heterocycles. The van der Waals surface area contributed by atoms with Crippen LogP contribution in [0.1, 0.15) is 20.8 Å². The molecule has 0 aromatic heterocycles. The molecule has 0 aliphatic rings. The summed E-state index contributed by atoms with van der Waals surface area (Å²) in [4.78, 5) is 0. The largest absolute Gasteiger partial charge is 0.417 e. The van der Waals surface area contributed by atoms with Crippen LogP contribution in [0.2, 0.25) is 0 Å². The van der Waals surface area contributed by atoms with Crippen molar-refractivity contribution in [1.29, 1.82) is 5.26 Å². The smallest absolute Gasteiger partial charge is 0.192 e. The Balaban J connectivity index is 0. The van der Waals surface area contributed by atoms with Gasteiger partial charge in [0, 0.05) is 0 Å². The van der Waals surface area contributed by atoms with Crippen molar-refractivity contribution in [3.63, 3.8) is 0 Å². The third-order valence-electron chi connectivity index (χ3n) is 1.16. The minimum absolute atomic E-state index is 0.226. The number of rotatable bonds is 2. The number of hydrogen-bond donors (Lipinski definition) is 0. The Hall–Kier alpha value is -1.50. The van der Waals surface area contributed by atoms with Crippen molar-refractivity contribution in [3.05, 3.63) is 36.0 Å². The highest BCUT2D eigenvalue weighted by atomic mass is 19.4. The van der Waals surface area contributed by atoms with Crippen molar-refractivity contribution < 1.29 is 13.2 Å². The van der Waals surface area contributed by atoms with Crippen LogP contribution in [0.4, 0.5) is 13.2 Å². The summed E-state index contributed by atoms with van der Waals surface area (Å²) >= 11 is 0. The first-order valence-corrected chi connectivity index (χ1v) is 4.33. The Labute approximate surface area is 88.2 Å². The molecule has 15 heavy (non-hydrogen) atoms. The lowest BCUT2D eigenvalue weighted by Gasteiger charge is -2.09. The Morgan fingerprint density at radius 2 is 1.67 bits per heavy atom. The van der Waals surface area contributed by atoms with Crippen molar-refractivity contribution >= 4 is 0 Å². The molecule has 0 spiro atoms. The number of nitriles is 1. The lowest BCUT2D eigenvalue weighted by molar-refractivity contribution is -0.0889. The van der Waals surface area contributed by atoms with Crippen LogP contribution in [0.15, 0.2) is 36.0 Å². The first-order valence-electron chi connectivity index (χ1n) is 4.33. The van der Waals surface area contributed by atoms with Crippen molar-refractivity contribution in [3.8, 4) is 6.07 Å². The van der Waals surface area contributed by atoms with Gasteiger partial charge >= 0.3 is 6.18 Å². The van der Waals surface area contributed by atoms with Gasteiger partial charge in [-0.05, 0) is 13.0 Å². The molecule has 4 heteroatoms. The van der Waals surface area contributed by atoms with E-state index in [0.717, 1.165) is 6.08 Å². The molecule has 0 fully saturated rings. The first-order chi connectivity index (χ1) is 6.79. The summed E-state index contributed by atoms with van der Waals surface area (Å²) in [5.41, 5.74) is -1.42. The zero-order chi connectivity index (χ0) is 12.6. The van der Waals surface area contributed by atoms with Crippen LogP contribution in [0.5, 0.6) is 0 Å². The lowest BCUT2D eigenvalue weighted by Crippen LogP contribution is -2.13. The molecule has 84 valence electrons. The molecule has 0 unspecified atom stereocenters. The van der Waals surface area contributed by atoms with E-state index in [1.807, 2.05) is 13.8 Å². The predicted octanol–water partition coefficient (Wildman–Crippen LogP) is 4.16. The summed E-state index contributed by atoms with van der Waals surface area (Å²) in [5.74, 6) is 0. The van der Waals surface area contributed by atoms with E-state index in [1.54, 1.807) is 0 Å². The molecule has 0 amide bonds. The average molecular weight is 217 g/mol. The van der Waals surface area contributed by atoms with Crippen LogP contribution in [-0.4, -0.2) is 6.18 Å². The molecule has 1 nitrogen and oxygen atoms in total. The maximum atomic E-state index is 12.2. The Morgan fingerprint density at radius 3 is 1.87 bits per heavy atom. The van der Waals surface area contributed by atoms with Crippen LogP contribution in [0, 0.1) is 11.3 Å². The van der Waals surface area contributed by atoms with E-state index in [-0.39, 0.29) is 5.57 Å². The summed E-state index contributed by atoms with van der Waals surface area (Å²) in [6.45, 7) is 11.7. The Kier molecular flexibility index (Phi) is 7.32. The molecule has 0 aromatic carbocycles. The van der Waals surface area contributed by atoms with E-state index in [9.17, 15) is 13.2 Å². The average Bonchev–Trinajstić information content (AvgIpc) is 2.14. The van der Waals surface area contributed by atoms with Crippen LogP contribution in [-0.2, 0) is 0 Å². The highest BCUT2D eigenvalue weighted by molar-refractivity contribution is 5.45. The van der Waals surface area contributed by atoms with Crippen LogP contribution in [0.25, 0.3) is 0 Å². The van der Waals surface area contributed by atoms with E-state index in [1.165, 1.54) is 13.0 Å². The SMILES string of the molecule is C=C(C)/C=C(\C(=C)C#N)C(F)(F)F.CC. The van der Waals surface area contributed by atoms with Crippen molar-refractivity contribution in [2.24, 2.45) is 0 Å². The summed E-state index contributed by atoms with van der Waals surface area (Å²) in [6, 6.07) is 1.35. The molecule has 0 rings (SSSR count). The predicted molar refractivity (Wildman–Crippen MR) is 55.1 cm³/mol. The van der Waals surface area contributed by atoms with Crippen LogP contribution < -0.4 is 0 Å². The van der Waals surface area contributed by atoms with Gasteiger partial charge in [-0.2, -0.15) is 18.4 Å². The quantitative estimate of drug-likeness (QED) is 0.503. The number of alkyl halides is 3. The first kappa shape index (κ1) is 15.9. The third-order valence-corrected chi connectivity index (χ3v) is 1.16. The third kappa shape index (κ3) is 6.55. The maximum absolute atomic E-state index is 12.2. The summed E-state index contributed by atoms with van der Waals surface area (Å²) in [5, 5.41) is 8.26. The van der Waals surface area contributed by atoms with Crippen LogP contribution in [0.3, 0.4) is 0 Å². The van der Waals surface area contributed by atoms with Gasteiger partial charge < -0.3 is 0 Å². The fraction of sp³-hybridized carbons (Fsp3) is 0.364. The molecule has 0 saturated carbocycles. The molecule has 0 heterocycles. The molecular formula is C11H14F3N. The van der Waals surface area contributed by atoms with E-state index >= 15 is 0 Å². The lowest BCUT2D eigenvalue weighted by atomic mass is 10.1. The molecule has 0 bridgehead atoms. The maximum Gasteiger partial charge on any atom is 0.417 e. The van der Waals surface area contributed by atoms with Gasteiger partial charge in [0.2, 0.25) is 0 Å². The highest BCUT2D eigenvalue weighted by Gasteiger charge is 2.35. The molecule has 0 radical (unpaired) electrons. The second kappa shape index (κ2) is 6.88. The minimum atomic E-state index is -4.55. The Bertz CT molecular complexity index is 303. The van der Waals surface area contributed by atoms with Gasteiger partial charge in [-0.1, -0.05) is 32.6 Å². The van der Waals surface area contributed by atoms with Gasteiger partial charge in [-0.3, -0.25) is 0 Å². The number of nitrogens with zero attached hydrogens (tertiary/aromatic N) is 1. The topological polar surface area (TPSA) is 23.8 Å². The van der Waals surface area contributed by atoms with Gasteiger partial charge in [0.15, 0.2) is 0 Å². The molecule has 0 aromatic rings. The fourth-order valence-electron chi connectivity index (χ4n) is 0.647. The summed E-state index contributed by atoms with van der Waals surface area (Å²) in [6.07, 6.45) is -3.75. The fourth-order valence-corrected chi connectivity index (χ4v) is 0.647. The van der Waals surface area contributed by atoms with Crippen molar-refractivity contribution in [2.45, 2.75) is 26.9 Å². The minimum Gasteiger partial charge on any atom is -0.192 e. The van der Waals surface area contributed by atoms with E-state index in [2.05, 4.69) is 13.2 Å². The monoisotopic (exact) mass is 217 g/mol. The molecule has 0 aliphatic carbocycles. The Morgan fingerprint density at radius 1 is 1.27 bits per heavy atom. The van der Waals surface area contributed by atoms with Gasteiger partial charge in [0.05, 0.1) is 17.2 Å². The summed E-state index contributed by atoms with van der Waals surface area (Å²) < 4.78 is 36.6. The van der Waals surface area contributed by atoms with Gasteiger partial charge in [0.25, 0.3) is 0 Å². The van der Waals surface area contributed by atoms with E-state index in [4.69, 9.17) is 5.26 Å². The molecule has 0 N–H and O–H groups in total. The molecule has 0 aliphatic heterocycles. The zero-order valence-electron chi connectivity index (χ0n) is 9.07. The van der Waals surface area contributed by atoms with Crippen molar-refractivity contribution in [2.75, 3.05) is 0 Å². The second-order valence-corrected chi connectivity index (χ2v) is 2.49. The van der Waals surface area contributed by atoms with Gasteiger partial charge in [-0.15, -0.1) is 0 Å².